The van der Waals surface area contributed by atoms with E-state index in [1.807, 2.05) is 23.6 Å². The molecule has 4 rings (SSSR count). The Bertz CT molecular complexity index is 1210. The number of nitriles is 1. The van der Waals surface area contributed by atoms with Gasteiger partial charge in [0, 0.05) is 39.1 Å². The second-order valence-electron chi connectivity index (χ2n) is 8.10. The van der Waals surface area contributed by atoms with Crippen LogP contribution in [0.2, 0.25) is 5.02 Å². The monoisotopic (exact) mass is 483 g/mol. The van der Waals surface area contributed by atoms with E-state index in [1.54, 1.807) is 12.1 Å². The highest BCUT2D eigenvalue weighted by molar-refractivity contribution is 6.35. The first-order chi connectivity index (χ1) is 16.3. The number of hydrogen-bond acceptors (Lipinski definition) is 9. The average Bonchev–Trinajstić information content (AvgIpc) is 2.82. The maximum absolute atomic E-state index is 12.9. The number of fused-ring (bicyclic) bond motifs is 1. The number of anilines is 2. The van der Waals surface area contributed by atoms with E-state index in [2.05, 4.69) is 31.8 Å². The summed E-state index contributed by atoms with van der Waals surface area (Å²) in [7, 11) is 2.16. The van der Waals surface area contributed by atoms with Gasteiger partial charge in [-0.1, -0.05) is 24.6 Å². The van der Waals surface area contributed by atoms with E-state index in [4.69, 9.17) is 28.3 Å². The molecule has 0 aliphatic carbocycles. The molecule has 11 heteroatoms. The molecule has 1 aromatic carbocycles. The van der Waals surface area contributed by atoms with Crippen LogP contribution in [-0.2, 0) is 13.0 Å². The van der Waals surface area contributed by atoms with Crippen LogP contribution < -0.4 is 17.0 Å². The smallest absolute Gasteiger partial charge is 0.262 e. The lowest BCUT2D eigenvalue weighted by Gasteiger charge is -2.32. The summed E-state index contributed by atoms with van der Waals surface area (Å²) in [4.78, 5) is 29.5. The van der Waals surface area contributed by atoms with Gasteiger partial charge in [-0.3, -0.25) is 9.36 Å². The van der Waals surface area contributed by atoms with Gasteiger partial charge < -0.3 is 21.3 Å². The van der Waals surface area contributed by atoms with Crippen LogP contribution in [0.15, 0.2) is 29.3 Å². The van der Waals surface area contributed by atoms with Gasteiger partial charge in [-0.05, 0) is 32.1 Å². The van der Waals surface area contributed by atoms with E-state index >= 15 is 0 Å². The SMILES string of the molecule is CCc1nc2cccc(Cl)c2c(=O)n1CCCN1CCN(C)CC1.N#Cc1c(N)ncnc1N. The molecule has 1 aliphatic rings. The maximum Gasteiger partial charge on any atom is 0.262 e. The summed E-state index contributed by atoms with van der Waals surface area (Å²) in [5.41, 5.74) is 11.4. The second kappa shape index (κ2) is 11.7. The molecule has 0 amide bonds. The zero-order chi connectivity index (χ0) is 24.7. The number of hydrogen-bond donors (Lipinski definition) is 2. The fourth-order valence-electron chi connectivity index (χ4n) is 3.82. The summed E-state index contributed by atoms with van der Waals surface area (Å²) in [6, 6.07) is 7.24. The lowest BCUT2D eigenvalue weighted by molar-refractivity contribution is 0.151. The van der Waals surface area contributed by atoms with Crippen LogP contribution in [0.25, 0.3) is 10.9 Å². The van der Waals surface area contributed by atoms with E-state index in [-0.39, 0.29) is 22.8 Å². The van der Waals surface area contributed by atoms with Crippen LogP contribution in [0.5, 0.6) is 0 Å². The summed E-state index contributed by atoms with van der Waals surface area (Å²) in [5.74, 6) is 1.08. The number of nitrogens with zero attached hydrogens (tertiary/aromatic N) is 7. The quantitative estimate of drug-likeness (QED) is 0.554. The van der Waals surface area contributed by atoms with Crippen molar-refractivity contribution in [2.45, 2.75) is 26.3 Å². The van der Waals surface area contributed by atoms with Crippen molar-refractivity contribution in [1.29, 1.82) is 5.26 Å². The molecule has 0 saturated carbocycles. The molecule has 3 heterocycles. The van der Waals surface area contributed by atoms with Gasteiger partial charge in [0.1, 0.15) is 35.4 Å². The van der Waals surface area contributed by atoms with E-state index in [1.165, 1.54) is 6.33 Å². The van der Waals surface area contributed by atoms with Gasteiger partial charge in [0.15, 0.2) is 0 Å². The second-order valence-corrected chi connectivity index (χ2v) is 8.51. The van der Waals surface area contributed by atoms with E-state index in [0.29, 0.717) is 22.5 Å². The minimum absolute atomic E-state index is 0.0131. The maximum atomic E-state index is 12.9. The molecule has 0 bridgehead atoms. The zero-order valence-corrected chi connectivity index (χ0v) is 20.3. The van der Waals surface area contributed by atoms with Crippen LogP contribution in [0.1, 0.15) is 24.7 Å². The predicted octanol–water partition coefficient (Wildman–Crippen LogP) is 1.76. The van der Waals surface area contributed by atoms with Crippen LogP contribution in [-0.4, -0.2) is 69.1 Å². The number of benzene rings is 1. The molecular formula is C23H30ClN9O. The van der Waals surface area contributed by atoms with Crippen LogP contribution in [0.4, 0.5) is 11.6 Å². The van der Waals surface area contributed by atoms with E-state index in [9.17, 15) is 4.79 Å². The number of nitrogen functional groups attached to an aromatic ring is 2. The van der Waals surface area contributed by atoms with Gasteiger partial charge in [0.25, 0.3) is 5.56 Å². The van der Waals surface area contributed by atoms with Gasteiger partial charge >= 0.3 is 0 Å². The molecule has 4 N–H and O–H groups in total. The first kappa shape index (κ1) is 25.4. The average molecular weight is 484 g/mol. The van der Waals surface area contributed by atoms with Gasteiger partial charge in [-0.15, -0.1) is 0 Å². The Labute approximate surface area is 203 Å². The van der Waals surface area contributed by atoms with Gasteiger partial charge in [-0.25, -0.2) is 15.0 Å². The van der Waals surface area contributed by atoms with Crippen molar-refractivity contribution in [2.75, 3.05) is 51.2 Å². The van der Waals surface area contributed by atoms with Crippen molar-refractivity contribution in [3.05, 3.63) is 51.3 Å². The fourth-order valence-corrected chi connectivity index (χ4v) is 4.07. The fraction of sp³-hybridized carbons (Fsp3) is 0.435. The first-order valence-corrected chi connectivity index (χ1v) is 11.6. The molecule has 1 aliphatic heterocycles. The van der Waals surface area contributed by atoms with E-state index < -0.39 is 0 Å². The Morgan fingerprint density at radius 3 is 2.38 bits per heavy atom. The molecule has 10 nitrogen and oxygen atoms in total. The number of rotatable bonds is 5. The molecule has 0 unspecified atom stereocenters. The van der Waals surface area contributed by atoms with Crippen molar-refractivity contribution in [3.63, 3.8) is 0 Å². The molecule has 34 heavy (non-hydrogen) atoms. The molecule has 1 saturated heterocycles. The summed E-state index contributed by atoms with van der Waals surface area (Å²) in [6.07, 6.45) is 2.91. The Morgan fingerprint density at radius 2 is 1.79 bits per heavy atom. The molecule has 1 fully saturated rings. The standard InChI is InChI=1S/C18H25ClN4O.C5H5N5/c1-3-16-20-15-7-4-6-14(19)17(15)18(24)23(16)9-5-8-22-12-10-21(2)11-13-22;6-1-3-4(7)9-2-10-5(3)8/h4,6-7H,3,5,8-13H2,1-2H3;2H,(H4,7,8,9,10). The highest BCUT2D eigenvalue weighted by atomic mass is 35.5. The lowest BCUT2D eigenvalue weighted by atomic mass is 10.2. The summed E-state index contributed by atoms with van der Waals surface area (Å²) in [5, 5.41) is 9.43. The highest BCUT2D eigenvalue weighted by Gasteiger charge is 2.15. The van der Waals surface area contributed by atoms with Crippen LogP contribution in [0.3, 0.4) is 0 Å². The van der Waals surface area contributed by atoms with Crippen LogP contribution in [0, 0.1) is 11.3 Å². The van der Waals surface area contributed by atoms with Crippen molar-refractivity contribution in [3.8, 4) is 6.07 Å². The summed E-state index contributed by atoms with van der Waals surface area (Å²) < 4.78 is 1.81. The molecule has 0 spiro atoms. The lowest BCUT2D eigenvalue weighted by Crippen LogP contribution is -2.44. The molecule has 0 radical (unpaired) electrons. The third-order valence-electron chi connectivity index (χ3n) is 5.80. The first-order valence-electron chi connectivity index (χ1n) is 11.2. The Hall–Kier alpha value is -3.26. The summed E-state index contributed by atoms with van der Waals surface area (Å²) in [6.45, 7) is 8.20. The third kappa shape index (κ3) is 5.99. The van der Waals surface area contributed by atoms with Crippen molar-refractivity contribution in [1.82, 2.24) is 29.3 Å². The number of piperazine rings is 1. The normalized spacial score (nSPS) is 14.4. The van der Waals surface area contributed by atoms with Gasteiger partial charge in [0.05, 0.1) is 15.9 Å². The number of likely N-dealkylation sites (N-methyl/N-ethyl adjacent to an activating group) is 1. The molecule has 3 aromatic rings. The minimum Gasteiger partial charge on any atom is -0.382 e. The van der Waals surface area contributed by atoms with E-state index in [0.717, 1.165) is 51.4 Å². The minimum atomic E-state index is -0.0131. The Morgan fingerprint density at radius 1 is 1.12 bits per heavy atom. The molecule has 180 valence electrons. The molecule has 2 aromatic heterocycles. The van der Waals surface area contributed by atoms with Crippen molar-refractivity contribution < 1.29 is 0 Å². The molecular weight excluding hydrogens is 454 g/mol. The predicted molar refractivity (Wildman–Crippen MR) is 135 cm³/mol. The highest BCUT2D eigenvalue weighted by Crippen LogP contribution is 2.19. The number of halogens is 1. The van der Waals surface area contributed by atoms with Crippen LogP contribution >= 0.6 is 11.6 Å². The Kier molecular flexibility index (Phi) is 8.76. The number of aromatic nitrogens is 4. The Balaban J connectivity index is 0.000000271. The third-order valence-corrected chi connectivity index (χ3v) is 6.11. The number of aryl methyl sites for hydroxylation is 1. The number of nitrogens with two attached hydrogens (primary N) is 2. The van der Waals surface area contributed by atoms with Crippen molar-refractivity contribution in [2.24, 2.45) is 0 Å². The summed E-state index contributed by atoms with van der Waals surface area (Å²) >= 11 is 6.23. The largest absolute Gasteiger partial charge is 0.382 e. The van der Waals surface area contributed by atoms with Gasteiger partial charge in [0.2, 0.25) is 0 Å². The molecule has 0 atom stereocenters. The van der Waals surface area contributed by atoms with Gasteiger partial charge in [-0.2, -0.15) is 5.26 Å². The topological polar surface area (TPSA) is 143 Å². The zero-order valence-electron chi connectivity index (χ0n) is 19.5. The van der Waals surface area contributed by atoms with Crippen molar-refractivity contribution >= 4 is 34.1 Å².